The highest BCUT2D eigenvalue weighted by Gasteiger charge is 2.07. The summed E-state index contributed by atoms with van der Waals surface area (Å²) in [6.45, 7) is 8.17. The Bertz CT molecular complexity index is 121. The molecular weight excluding hydrogens is 176 g/mol. The summed E-state index contributed by atoms with van der Waals surface area (Å²) < 4.78 is 0. The largest absolute Gasteiger partial charge is 0.298 e. The van der Waals surface area contributed by atoms with Crippen LogP contribution in [0.25, 0.3) is 0 Å². The van der Waals surface area contributed by atoms with Crippen LogP contribution in [0.3, 0.4) is 0 Å². The SMILES string of the molecule is CC(C)SSCC(=O)C(C)C. The molecule has 0 spiro atoms. The van der Waals surface area contributed by atoms with E-state index in [1.807, 2.05) is 13.8 Å². The van der Waals surface area contributed by atoms with Crippen molar-refractivity contribution in [1.82, 2.24) is 0 Å². The third kappa shape index (κ3) is 6.76. The van der Waals surface area contributed by atoms with Gasteiger partial charge in [0.05, 0.1) is 5.75 Å². The molecule has 0 saturated carbocycles. The highest BCUT2D eigenvalue weighted by molar-refractivity contribution is 8.77. The lowest BCUT2D eigenvalue weighted by Crippen LogP contribution is -2.08. The van der Waals surface area contributed by atoms with Gasteiger partial charge in [-0.05, 0) is 0 Å². The highest BCUT2D eigenvalue weighted by atomic mass is 33.1. The smallest absolute Gasteiger partial charge is 0.146 e. The van der Waals surface area contributed by atoms with Gasteiger partial charge in [0.2, 0.25) is 0 Å². The predicted molar refractivity (Wildman–Crippen MR) is 55.0 cm³/mol. The molecule has 66 valence electrons. The van der Waals surface area contributed by atoms with Crippen molar-refractivity contribution in [1.29, 1.82) is 0 Å². The van der Waals surface area contributed by atoms with Crippen LogP contribution in [0, 0.1) is 5.92 Å². The molecule has 11 heavy (non-hydrogen) atoms. The average molecular weight is 192 g/mol. The first-order chi connectivity index (χ1) is 5.04. The van der Waals surface area contributed by atoms with Crippen LogP contribution in [-0.4, -0.2) is 16.8 Å². The standard InChI is InChI=1S/C8H16OS2/c1-6(2)8(9)5-10-11-7(3)4/h6-7H,5H2,1-4H3. The molecule has 3 heteroatoms. The fourth-order valence-corrected chi connectivity index (χ4v) is 2.55. The van der Waals surface area contributed by atoms with E-state index in [4.69, 9.17) is 0 Å². The predicted octanol–water partition coefficient (Wildman–Crippen LogP) is 3.00. The van der Waals surface area contributed by atoms with E-state index >= 15 is 0 Å². The van der Waals surface area contributed by atoms with E-state index in [-0.39, 0.29) is 5.92 Å². The number of hydrogen-bond donors (Lipinski definition) is 0. The van der Waals surface area contributed by atoms with E-state index in [0.29, 0.717) is 16.8 Å². The van der Waals surface area contributed by atoms with Gasteiger partial charge in [-0.15, -0.1) is 0 Å². The summed E-state index contributed by atoms with van der Waals surface area (Å²) in [5.74, 6) is 1.19. The Kier molecular flexibility index (Phi) is 6.15. The molecule has 0 aliphatic rings. The number of ketones is 1. The number of rotatable bonds is 5. The molecule has 1 nitrogen and oxygen atoms in total. The lowest BCUT2D eigenvalue weighted by molar-refractivity contribution is -0.119. The van der Waals surface area contributed by atoms with E-state index in [2.05, 4.69) is 13.8 Å². The Hall–Kier alpha value is 0.370. The molecule has 0 saturated heterocycles. The zero-order valence-corrected chi connectivity index (χ0v) is 9.22. The molecule has 0 aliphatic carbocycles. The van der Waals surface area contributed by atoms with Crippen LogP contribution in [0.4, 0.5) is 0 Å². The quantitative estimate of drug-likeness (QED) is 0.623. The maximum atomic E-state index is 11.1. The molecular formula is C8H16OS2. The molecule has 0 aromatic rings. The minimum absolute atomic E-state index is 0.190. The lowest BCUT2D eigenvalue weighted by atomic mass is 10.1. The number of carbonyl (C=O) groups excluding carboxylic acids is 1. The van der Waals surface area contributed by atoms with Crippen LogP contribution < -0.4 is 0 Å². The van der Waals surface area contributed by atoms with Crippen LogP contribution in [0.5, 0.6) is 0 Å². The Morgan fingerprint density at radius 2 is 1.82 bits per heavy atom. The van der Waals surface area contributed by atoms with Gasteiger partial charge in [0, 0.05) is 11.2 Å². The van der Waals surface area contributed by atoms with Crippen molar-refractivity contribution < 1.29 is 4.79 Å². The van der Waals surface area contributed by atoms with Gasteiger partial charge in [0.1, 0.15) is 5.78 Å². The summed E-state index contributed by atoms with van der Waals surface area (Å²) in [7, 11) is 3.44. The molecule has 0 rings (SSSR count). The number of hydrogen-bond acceptors (Lipinski definition) is 3. The van der Waals surface area contributed by atoms with Crippen LogP contribution in [0.1, 0.15) is 27.7 Å². The van der Waals surface area contributed by atoms with E-state index in [1.165, 1.54) is 0 Å². The van der Waals surface area contributed by atoms with Crippen molar-refractivity contribution in [3.63, 3.8) is 0 Å². The average Bonchev–Trinajstić information content (AvgIpc) is 1.86. The molecule has 0 amide bonds. The first-order valence-electron chi connectivity index (χ1n) is 3.85. The van der Waals surface area contributed by atoms with Crippen molar-refractivity contribution in [2.45, 2.75) is 32.9 Å². The number of Topliss-reactive ketones (excluding diaryl/α,β-unsaturated/α-hetero) is 1. The van der Waals surface area contributed by atoms with E-state index in [0.717, 1.165) is 0 Å². The molecule has 0 heterocycles. The zero-order chi connectivity index (χ0) is 8.85. The van der Waals surface area contributed by atoms with Crippen molar-refractivity contribution >= 4 is 27.4 Å². The van der Waals surface area contributed by atoms with Crippen LogP contribution in [0.15, 0.2) is 0 Å². The molecule has 0 N–H and O–H groups in total. The summed E-state index contributed by atoms with van der Waals surface area (Å²) in [6, 6.07) is 0. The topological polar surface area (TPSA) is 17.1 Å². The Morgan fingerprint density at radius 1 is 1.27 bits per heavy atom. The van der Waals surface area contributed by atoms with Gasteiger partial charge >= 0.3 is 0 Å². The van der Waals surface area contributed by atoms with Crippen molar-refractivity contribution in [3.05, 3.63) is 0 Å². The Balaban J connectivity index is 3.32. The lowest BCUT2D eigenvalue weighted by Gasteiger charge is -2.04. The van der Waals surface area contributed by atoms with Gasteiger partial charge in [-0.1, -0.05) is 49.3 Å². The van der Waals surface area contributed by atoms with Crippen LogP contribution in [-0.2, 0) is 4.79 Å². The van der Waals surface area contributed by atoms with Gasteiger partial charge in [-0.2, -0.15) is 0 Å². The Morgan fingerprint density at radius 3 is 2.18 bits per heavy atom. The van der Waals surface area contributed by atoms with Crippen molar-refractivity contribution in [2.75, 3.05) is 5.75 Å². The fraction of sp³-hybridized carbons (Fsp3) is 0.875. The summed E-state index contributed by atoms with van der Waals surface area (Å²) in [4.78, 5) is 11.1. The third-order valence-electron chi connectivity index (χ3n) is 1.11. The summed E-state index contributed by atoms with van der Waals surface area (Å²) >= 11 is 0. The second-order valence-corrected chi connectivity index (χ2v) is 5.97. The van der Waals surface area contributed by atoms with Crippen molar-refractivity contribution in [2.24, 2.45) is 5.92 Å². The molecule has 0 unspecified atom stereocenters. The van der Waals surface area contributed by atoms with Gasteiger partial charge in [-0.3, -0.25) is 4.79 Å². The summed E-state index contributed by atoms with van der Waals surface area (Å²) in [6.07, 6.45) is 0. The molecule has 0 aromatic carbocycles. The van der Waals surface area contributed by atoms with E-state index < -0.39 is 0 Å². The maximum Gasteiger partial charge on any atom is 0.146 e. The number of carbonyl (C=O) groups is 1. The summed E-state index contributed by atoms with van der Waals surface area (Å²) in [5, 5.41) is 0.611. The highest BCUT2D eigenvalue weighted by Crippen LogP contribution is 2.26. The van der Waals surface area contributed by atoms with Gasteiger partial charge in [-0.25, -0.2) is 0 Å². The minimum Gasteiger partial charge on any atom is -0.298 e. The monoisotopic (exact) mass is 192 g/mol. The van der Waals surface area contributed by atoms with Gasteiger partial charge < -0.3 is 0 Å². The van der Waals surface area contributed by atoms with Gasteiger partial charge in [0.25, 0.3) is 0 Å². The van der Waals surface area contributed by atoms with Crippen LogP contribution >= 0.6 is 21.6 Å². The molecule has 0 bridgehead atoms. The van der Waals surface area contributed by atoms with E-state index in [1.54, 1.807) is 21.6 Å². The van der Waals surface area contributed by atoms with Crippen LogP contribution in [0.2, 0.25) is 0 Å². The minimum atomic E-state index is 0.190. The van der Waals surface area contributed by atoms with E-state index in [9.17, 15) is 4.79 Å². The first-order valence-corrected chi connectivity index (χ1v) is 6.23. The molecule has 0 atom stereocenters. The second-order valence-electron chi connectivity index (χ2n) is 3.03. The molecule has 0 aromatic heterocycles. The fourth-order valence-electron chi connectivity index (χ4n) is 0.395. The molecule has 0 aliphatic heterocycles. The Labute approximate surface area is 77.1 Å². The van der Waals surface area contributed by atoms with Gasteiger partial charge in [0.15, 0.2) is 0 Å². The third-order valence-corrected chi connectivity index (χ3v) is 3.95. The zero-order valence-electron chi connectivity index (χ0n) is 7.59. The molecule has 0 radical (unpaired) electrons. The normalized spacial score (nSPS) is 11.1. The first kappa shape index (κ1) is 11.4. The van der Waals surface area contributed by atoms with Crippen molar-refractivity contribution in [3.8, 4) is 0 Å². The second kappa shape index (κ2) is 5.95. The molecule has 0 fully saturated rings. The maximum absolute atomic E-state index is 11.1. The summed E-state index contributed by atoms with van der Waals surface area (Å²) in [5.41, 5.74) is 0.